The summed E-state index contributed by atoms with van der Waals surface area (Å²) in [6, 6.07) is 0. The third-order valence-electron chi connectivity index (χ3n) is 6.39. The van der Waals surface area contributed by atoms with E-state index < -0.39 is 0 Å². The summed E-state index contributed by atoms with van der Waals surface area (Å²) in [5.74, 6) is 4.22. The topological polar surface area (TPSA) is 90.6 Å². The van der Waals surface area contributed by atoms with Gasteiger partial charge in [0.25, 0.3) is 0 Å². The van der Waals surface area contributed by atoms with Crippen LogP contribution in [0.3, 0.4) is 0 Å². The largest absolute Gasteiger partial charge is 0.481 e. The Labute approximate surface area is 174 Å². The van der Waals surface area contributed by atoms with E-state index in [4.69, 9.17) is 29.4 Å². The lowest BCUT2D eigenvalue weighted by Gasteiger charge is -2.30. The molecule has 6 rings (SSSR count). The van der Waals surface area contributed by atoms with Crippen LogP contribution in [0.25, 0.3) is 5.52 Å². The summed E-state index contributed by atoms with van der Waals surface area (Å²) >= 11 is 0. The molecular weight excluding hydrogens is 382 g/mol. The molecule has 156 valence electrons. The van der Waals surface area contributed by atoms with E-state index >= 15 is 0 Å². The standard InChI is InChI=1S/C21H25N7O2/c1-12-24-17(14-6-8-30-10-14)18-20(22-11-23-28(12)18)27-7-5-16-15(9-27)21(29-2)26-19(25-16)13-3-4-13/h11,13-14H,3-10H2,1-2H3. The quantitative estimate of drug-likeness (QED) is 0.650. The molecule has 0 radical (unpaired) electrons. The third-order valence-corrected chi connectivity index (χ3v) is 6.39. The molecule has 9 heteroatoms. The second-order valence-electron chi connectivity index (χ2n) is 8.41. The highest BCUT2D eigenvalue weighted by atomic mass is 16.5. The molecule has 9 nitrogen and oxygen atoms in total. The minimum atomic E-state index is 0.287. The van der Waals surface area contributed by atoms with Crippen LogP contribution >= 0.6 is 0 Å². The highest BCUT2D eigenvalue weighted by molar-refractivity contribution is 5.73. The van der Waals surface area contributed by atoms with E-state index in [0.29, 0.717) is 24.9 Å². The SMILES string of the molecule is COc1nc(C2CC2)nc2c1CN(c1ncnn3c(C)nc(C4CCOC4)c13)CC2. The van der Waals surface area contributed by atoms with Gasteiger partial charge in [-0.25, -0.2) is 19.5 Å². The van der Waals surface area contributed by atoms with Crippen LogP contribution in [-0.2, 0) is 17.7 Å². The molecule has 0 N–H and O–H groups in total. The fourth-order valence-electron chi connectivity index (χ4n) is 4.63. The molecule has 3 aliphatic rings. The molecule has 5 heterocycles. The Hall–Kier alpha value is -2.81. The first kappa shape index (κ1) is 18.0. The number of hydrogen-bond acceptors (Lipinski definition) is 8. The summed E-state index contributed by atoms with van der Waals surface area (Å²) in [6.07, 6.45) is 5.81. The lowest BCUT2D eigenvalue weighted by atomic mass is 10.0. The maximum absolute atomic E-state index is 5.67. The first-order valence-electron chi connectivity index (χ1n) is 10.7. The number of nitrogens with zero attached hydrogens (tertiary/aromatic N) is 7. The van der Waals surface area contributed by atoms with Crippen molar-refractivity contribution in [2.24, 2.45) is 0 Å². The van der Waals surface area contributed by atoms with Crippen molar-refractivity contribution in [3.63, 3.8) is 0 Å². The van der Waals surface area contributed by atoms with Crippen molar-refractivity contribution < 1.29 is 9.47 Å². The van der Waals surface area contributed by atoms with Gasteiger partial charge in [0, 0.05) is 31.4 Å². The van der Waals surface area contributed by atoms with Crippen LogP contribution < -0.4 is 9.64 Å². The summed E-state index contributed by atoms with van der Waals surface area (Å²) in [5, 5.41) is 4.47. The number of aryl methyl sites for hydroxylation is 1. The van der Waals surface area contributed by atoms with Gasteiger partial charge in [-0.3, -0.25) is 0 Å². The van der Waals surface area contributed by atoms with Gasteiger partial charge in [0.15, 0.2) is 5.82 Å². The van der Waals surface area contributed by atoms with Gasteiger partial charge in [0.2, 0.25) is 5.88 Å². The predicted molar refractivity (Wildman–Crippen MR) is 109 cm³/mol. The molecule has 3 aromatic rings. The highest BCUT2D eigenvalue weighted by Crippen LogP contribution is 2.40. The number of anilines is 1. The molecular formula is C21H25N7O2. The number of fused-ring (bicyclic) bond motifs is 2. The Morgan fingerprint density at radius 3 is 2.80 bits per heavy atom. The Morgan fingerprint density at radius 1 is 1.13 bits per heavy atom. The molecule has 1 aliphatic carbocycles. The molecule has 3 aromatic heterocycles. The van der Waals surface area contributed by atoms with Crippen LogP contribution in [0.2, 0.25) is 0 Å². The van der Waals surface area contributed by atoms with Gasteiger partial charge in [-0.2, -0.15) is 10.1 Å². The summed E-state index contributed by atoms with van der Waals surface area (Å²) in [7, 11) is 1.69. The van der Waals surface area contributed by atoms with Crippen molar-refractivity contribution in [2.75, 3.05) is 31.8 Å². The van der Waals surface area contributed by atoms with E-state index in [9.17, 15) is 0 Å². The predicted octanol–water partition coefficient (Wildman–Crippen LogP) is 2.18. The fourth-order valence-corrected chi connectivity index (χ4v) is 4.63. The number of ether oxygens (including phenoxy) is 2. The van der Waals surface area contributed by atoms with E-state index in [0.717, 1.165) is 65.9 Å². The van der Waals surface area contributed by atoms with Gasteiger partial charge in [0.05, 0.1) is 37.2 Å². The number of imidazole rings is 1. The molecule has 1 unspecified atom stereocenters. The maximum atomic E-state index is 5.67. The van der Waals surface area contributed by atoms with Gasteiger partial charge >= 0.3 is 0 Å². The zero-order valence-electron chi connectivity index (χ0n) is 17.3. The van der Waals surface area contributed by atoms with Crippen LogP contribution in [0.1, 0.15) is 59.7 Å². The first-order chi connectivity index (χ1) is 14.7. The summed E-state index contributed by atoms with van der Waals surface area (Å²) < 4.78 is 13.2. The van der Waals surface area contributed by atoms with Crippen molar-refractivity contribution >= 4 is 11.3 Å². The van der Waals surface area contributed by atoms with Crippen LogP contribution in [0.5, 0.6) is 5.88 Å². The van der Waals surface area contributed by atoms with Gasteiger partial charge in [-0.1, -0.05) is 0 Å². The van der Waals surface area contributed by atoms with Crippen molar-refractivity contribution in [1.82, 2.24) is 29.5 Å². The van der Waals surface area contributed by atoms with Crippen LogP contribution in [0, 0.1) is 6.92 Å². The number of hydrogen-bond donors (Lipinski definition) is 0. The average molecular weight is 407 g/mol. The average Bonchev–Trinajstić information content (AvgIpc) is 3.38. The van der Waals surface area contributed by atoms with Crippen molar-refractivity contribution in [1.29, 1.82) is 0 Å². The van der Waals surface area contributed by atoms with Crippen molar-refractivity contribution in [3.8, 4) is 5.88 Å². The summed E-state index contributed by atoms with van der Waals surface area (Å²) in [5.41, 5.74) is 4.20. The maximum Gasteiger partial charge on any atom is 0.221 e. The fraction of sp³-hybridized carbons (Fsp3) is 0.571. The van der Waals surface area contributed by atoms with E-state index in [-0.39, 0.29) is 5.92 Å². The Balaban J connectivity index is 1.42. The molecule has 0 amide bonds. The smallest absolute Gasteiger partial charge is 0.221 e. The van der Waals surface area contributed by atoms with E-state index in [1.54, 1.807) is 13.4 Å². The second-order valence-corrected chi connectivity index (χ2v) is 8.41. The molecule has 30 heavy (non-hydrogen) atoms. The minimum absolute atomic E-state index is 0.287. The lowest BCUT2D eigenvalue weighted by molar-refractivity contribution is 0.193. The number of aromatic nitrogens is 6. The van der Waals surface area contributed by atoms with E-state index in [1.165, 1.54) is 12.8 Å². The van der Waals surface area contributed by atoms with Gasteiger partial charge < -0.3 is 14.4 Å². The Morgan fingerprint density at radius 2 is 2.03 bits per heavy atom. The monoisotopic (exact) mass is 407 g/mol. The van der Waals surface area contributed by atoms with Crippen molar-refractivity contribution in [3.05, 3.63) is 34.9 Å². The summed E-state index contributed by atoms with van der Waals surface area (Å²) in [6.45, 7) is 4.98. The third kappa shape index (κ3) is 2.83. The van der Waals surface area contributed by atoms with Gasteiger partial charge in [-0.05, 0) is 26.2 Å². The van der Waals surface area contributed by atoms with Crippen LogP contribution in [0.15, 0.2) is 6.33 Å². The molecule has 0 spiro atoms. The number of rotatable bonds is 4. The zero-order valence-corrected chi connectivity index (χ0v) is 17.3. The Bertz CT molecular complexity index is 1100. The Kier molecular flexibility index (Phi) is 4.12. The molecule has 2 fully saturated rings. The lowest BCUT2D eigenvalue weighted by Crippen LogP contribution is -2.33. The van der Waals surface area contributed by atoms with Crippen LogP contribution in [-0.4, -0.2) is 56.4 Å². The van der Waals surface area contributed by atoms with Gasteiger partial charge in [-0.15, -0.1) is 0 Å². The molecule has 1 saturated carbocycles. The first-order valence-corrected chi connectivity index (χ1v) is 10.7. The normalized spacial score (nSPS) is 21.3. The van der Waals surface area contributed by atoms with Crippen molar-refractivity contribution in [2.45, 2.75) is 51.0 Å². The van der Waals surface area contributed by atoms with Gasteiger partial charge in [0.1, 0.15) is 23.5 Å². The highest BCUT2D eigenvalue weighted by Gasteiger charge is 2.32. The second kappa shape index (κ2) is 6.87. The molecule has 0 bridgehead atoms. The zero-order chi connectivity index (χ0) is 20.2. The summed E-state index contributed by atoms with van der Waals surface area (Å²) in [4.78, 5) is 21.4. The van der Waals surface area contributed by atoms with Crippen LogP contribution in [0.4, 0.5) is 5.82 Å². The number of methoxy groups -OCH3 is 1. The van der Waals surface area contributed by atoms with E-state index in [2.05, 4.69) is 10.00 Å². The molecule has 1 saturated heterocycles. The molecule has 1 atom stereocenters. The molecule has 0 aromatic carbocycles. The minimum Gasteiger partial charge on any atom is -0.481 e. The molecule has 2 aliphatic heterocycles. The van der Waals surface area contributed by atoms with E-state index in [1.807, 2.05) is 11.4 Å².